The van der Waals surface area contributed by atoms with Gasteiger partial charge in [-0.15, -0.1) is 0 Å². The molecule has 2 atom stereocenters. The van der Waals surface area contributed by atoms with E-state index in [-0.39, 0.29) is 5.54 Å². The number of rotatable bonds is 5. The van der Waals surface area contributed by atoms with Gasteiger partial charge in [-0.3, -0.25) is 4.90 Å². The zero-order valence-corrected chi connectivity index (χ0v) is 17.9. The Balaban J connectivity index is 1.31. The molecule has 2 aromatic rings. The number of nitriles is 1. The van der Waals surface area contributed by atoms with Crippen molar-refractivity contribution in [3.05, 3.63) is 23.5 Å². The molecule has 1 aliphatic carbocycles. The van der Waals surface area contributed by atoms with E-state index >= 15 is 0 Å². The minimum atomic E-state index is -0.0225. The highest BCUT2D eigenvalue weighted by atomic mass is 32.1. The van der Waals surface area contributed by atoms with Crippen molar-refractivity contribution in [2.75, 3.05) is 36.4 Å². The van der Waals surface area contributed by atoms with E-state index in [0.29, 0.717) is 12.4 Å². The van der Waals surface area contributed by atoms with E-state index in [4.69, 9.17) is 4.98 Å². The normalized spacial score (nSPS) is 25.5. The molecule has 7 nitrogen and oxygen atoms in total. The minimum Gasteiger partial charge on any atom is -0.352 e. The predicted molar refractivity (Wildman–Crippen MR) is 114 cm³/mol. The summed E-state index contributed by atoms with van der Waals surface area (Å²) in [5.41, 5.74) is 2.04. The molecule has 0 aromatic carbocycles. The fraction of sp³-hybridized carbons (Fsp3) is 0.619. The van der Waals surface area contributed by atoms with E-state index in [2.05, 4.69) is 37.5 Å². The molecule has 8 heteroatoms. The largest absolute Gasteiger partial charge is 0.352 e. The monoisotopic (exact) mass is 409 g/mol. The minimum absolute atomic E-state index is 0.0225. The van der Waals surface area contributed by atoms with Gasteiger partial charge in [0.05, 0.1) is 23.7 Å². The molecule has 2 unspecified atom stereocenters. The molecule has 0 spiro atoms. The molecule has 2 aromatic heterocycles. The van der Waals surface area contributed by atoms with Gasteiger partial charge in [0, 0.05) is 24.8 Å². The highest BCUT2D eigenvalue weighted by molar-refractivity contribution is 7.10. The lowest BCUT2D eigenvalue weighted by molar-refractivity contribution is 0.0616. The molecule has 2 aliphatic heterocycles. The number of anilines is 3. The maximum absolute atomic E-state index is 9.51. The summed E-state index contributed by atoms with van der Waals surface area (Å²) in [7, 11) is 0. The van der Waals surface area contributed by atoms with Gasteiger partial charge in [-0.25, -0.2) is 4.98 Å². The van der Waals surface area contributed by atoms with Crippen molar-refractivity contribution in [2.45, 2.75) is 45.1 Å². The first-order valence-corrected chi connectivity index (χ1v) is 11.2. The molecule has 1 saturated carbocycles. The first kappa shape index (κ1) is 18.8. The number of fused-ring (bicyclic) bond motifs is 1. The summed E-state index contributed by atoms with van der Waals surface area (Å²) in [5.74, 6) is 3.46. The van der Waals surface area contributed by atoms with E-state index in [1.165, 1.54) is 30.8 Å². The fourth-order valence-electron chi connectivity index (χ4n) is 4.98. The van der Waals surface area contributed by atoms with Gasteiger partial charge in [0.1, 0.15) is 10.8 Å². The number of hydrogen-bond acceptors (Lipinski definition) is 8. The number of aromatic nitrogens is 3. The molecule has 152 valence electrons. The second-order valence-corrected chi connectivity index (χ2v) is 9.70. The van der Waals surface area contributed by atoms with Crippen LogP contribution in [0.5, 0.6) is 0 Å². The third kappa shape index (κ3) is 3.58. The van der Waals surface area contributed by atoms with Crippen LogP contribution in [0, 0.1) is 37.0 Å². The van der Waals surface area contributed by atoms with Gasteiger partial charge in [0.2, 0.25) is 5.95 Å². The van der Waals surface area contributed by atoms with Crippen molar-refractivity contribution in [3.63, 3.8) is 0 Å². The lowest BCUT2D eigenvalue weighted by Crippen LogP contribution is -2.70. The Morgan fingerprint density at radius 3 is 2.69 bits per heavy atom. The Kier molecular flexibility index (Phi) is 4.67. The average molecular weight is 410 g/mol. The summed E-state index contributed by atoms with van der Waals surface area (Å²) < 4.78 is 4.30. The van der Waals surface area contributed by atoms with Crippen molar-refractivity contribution in [3.8, 4) is 6.07 Å². The lowest BCUT2D eigenvalue weighted by atomic mass is 9.84. The fourth-order valence-corrected chi connectivity index (χ4v) is 5.63. The van der Waals surface area contributed by atoms with Crippen molar-refractivity contribution in [1.29, 1.82) is 5.26 Å². The zero-order chi connectivity index (χ0) is 20.0. The van der Waals surface area contributed by atoms with Crippen LogP contribution in [0.1, 0.15) is 36.9 Å². The van der Waals surface area contributed by atoms with Crippen LogP contribution >= 0.6 is 11.5 Å². The number of nitrogens with one attached hydrogen (secondary N) is 1. The SMILES string of the molecule is Cc1cc(Nc2ncc(C)c(N3CC(CC#N)(N4CCC5CC5CC4)C3)n2)sn1. The van der Waals surface area contributed by atoms with Crippen molar-refractivity contribution in [1.82, 2.24) is 19.2 Å². The van der Waals surface area contributed by atoms with Crippen LogP contribution < -0.4 is 10.2 Å². The maximum atomic E-state index is 9.51. The van der Waals surface area contributed by atoms with Crippen LogP contribution in [-0.4, -0.2) is 51.0 Å². The Labute approximate surface area is 175 Å². The Morgan fingerprint density at radius 1 is 1.28 bits per heavy atom. The molecular formula is C21H27N7S. The van der Waals surface area contributed by atoms with E-state index in [9.17, 15) is 5.26 Å². The van der Waals surface area contributed by atoms with Crippen LogP contribution in [0.15, 0.2) is 12.3 Å². The molecular weight excluding hydrogens is 382 g/mol. The quantitative estimate of drug-likeness (QED) is 0.809. The van der Waals surface area contributed by atoms with E-state index in [1.807, 2.05) is 19.2 Å². The zero-order valence-electron chi connectivity index (χ0n) is 17.1. The summed E-state index contributed by atoms with van der Waals surface area (Å²) >= 11 is 1.42. The molecule has 0 bridgehead atoms. The summed E-state index contributed by atoms with van der Waals surface area (Å²) in [4.78, 5) is 14.1. The summed E-state index contributed by atoms with van der Waals surface area (Å²) in [6.45, 7) is 8.04. The van der Waals surface area contributed by atoms with Crippen molar-refractivity contribution in [2.24, 2.45) is 11.8 Å². The van der Waals surface area contributed by atoms with Gasteiger partial charge in [-0.05, 0) is 75.6 Å². The van der Waals surface area contributed by atoms with Crippen LogP contribution in [0.2, 0.25) is 0 Å². The first-order chi connectivity index (χ1) is 14.1. The molecule has 3 aliphatic rings. The van der Waals surface area contributed by atoms with E-state index < -0.39 is 0 Å². The molecule has 0 radical (unpaired) electrons. The van der Waals surface area contributed by atoms with Gasteiger partial charge in [0.25, 0.3) is 0 Å². The summed E-state index contributed by atoms with van der Waals surface area (Å²) in [6.07, 6.45) is 6.50. The maximum Gasteiger partial charge on any atom is 0.229 e. The Bertz CT molecular complexity index is 931. The second kappa shape index (κ2) is 7.22. The molecule has 3 fully saturated rings. The molecule has 29 heavy (non-hydrogen) atoms. The van der Waals surface area contributed by atoms with Crippen LogP contribution in [0.3, 0.4) is 0 Å². The van der Waals surface area contributed by atoms with Crippen molar-refractivity contribution < 1.29 is 0 Å². The Hall–Kier alpha value is -2.24. The predicted octanol–water partition coefficient (Wildman–Crippen LogP) is 3.50. The number of hydrogen-bond donors (Lipinski definition) is 1. The highest BCUT2D eigenvalue weighted by Gasteiger charge is 2.50. The van der Waals surface area contributed by atoms with Crippen LogP contribution in [0.4, 0.5) is 16.8 Å². The lowest BCUT2D eigenvalue weighted by Gasteiger charge is -2.55. The molecule has 5 rings (SSSR count). The smallest absolute Gasteiger partial charge is 0.229 e. The van der Waals surface area contributed by atoms with Crippen molar-refractivity contribution >= 4 is 28.3 Å². The highest BCUT2D eigenvalue weighted by Crippen LogP contribution is 2.47. The first-order valence-electron chi connectivity index (χ1n) is 10.5. The van der Waals surface area contributed by atoms with Gasteiger partial charge >= 0.3 is 0 Å². The third-order valence-electron chi connectivity index (χ3n) is 6.77. The Morgan fingerprint density at radius 2 is 2.03 bits per heavy atom. The van der Waals surface area contributed by atoms with Gasteiger partial charge < -0.3 is 10.2 Å². The summed E-state index contributed by atoms with van der Waals surface area (Å²) in [5, 5.41) is 13.7. The standard InChI is InChI=1S/C21H27N7S/c1-14-11-23-20(24-18-9-15(2)26-29-18)25-19(14)27-12-21(13-27,5-6-22)28-7-3-16-10-17(16)4-8-28/h9,11,16-17H,3-5,7-8,10,12-13H2,1-2H3,(H,23,24,25). The molecule has 4 heterocycles. The van der Waals surface area contributed by atoms with Gasteiger partial charge in [-0.1, -0.05) is 0 Å². The van der Waals surface area contributed by atoms with E-state index in [1.54, 1.807) is 0 Å². The average Bonchev–Trinajstić information content (AvgIpc) is 3.34. The number of nitrogens with zero attached hydrogens (tertiary/aromatic N) is 6. The van der Waals surface area contributed by atoms with Crippen LogP contribution in [0.25, 0.3) is 0 Å². The van der Waals surface area contributed by atoms with E-state index in [0.717, 1.165) is 60.1 Å². The second-order valence-electron chi connectivity index (χ2n) is 8.89. The number of aryl methyl sites for hydroxylation is 2. The molecule has 0 amide bonds. The van der Waals surface area contributed by atoms with Gasteiger partial charge in [-0.2, -0.15) is 14.6 Å². The summed E-state index contributed by atoms with van der Waals surface area (Å²) in [6, 6.07) is 4.46. The topological polar surface area (TPSA) is 81.0 Å². The van der Waals surface area contributed by atoms with Crippen LogP contribution in [-0.2, 0) is 0 Å². The molecule has 1 N–H and O–H groups in total. The number of likely N-dealkylation sites (tertiary alicyclic amines) is 1. The van der Waals surface area contributed by atoms with Gasteiger partial charge in [0.15, 0.2) is 0 Å². The molecule has 2 saturated heterocycles. The third-order valence-corrected chi connectivity index (χ3v) is 7.56.